The molecule has 0 heteroatoms. The molecule has 90 valence electrons. The maximum atomic E-state index is 2.44. The van der Waals surface area contributed by atoms with Crippen LogP contribution in [0.4, 0.5) is 0 Å². The summed E-state index contributed by atoms with van der Waals surface area (Å²) in [6.45, 7) is 2.44. The highest BCUT2D eigenvalue weighted by molar-refractivity contribution is 5.54. The van der Waals surface area contributed by atoms with Gasteiger partial charge in [-0.1, -0.05) is 66.6 Å². The van der Waals surface area contributed by atoms with Gasteiger partial charge in [-0.05, 0) is 30.4 Å². The van der Waals surface area contributed by atoms with Gasteiger partial charge in [0.1, 0.15) is 0 Å². The minimum absolute atomic E-state index is 0.261. The van der Waals surface area contributed by atoms with Crippen molar-refractivity contribution in [1.82, 2.24) is 0 Å². The van der Waals surface area contributed by atoms with E-state index in [0.29, 0.717) is 5.92 Å². The van der Waals surface area contributed by atoms with E-state index in [1.807, 2.05) is 0 Å². The highest BCUT2D eigenvalue weighted by atomic mass is 14.5. The van der Waals surface area contributed by atoms with E-state index < -0.39 is 0 Å². The van der Waals surface area contributed by atoms with Crippen molar-refractivity contribution in [1.29, 1.82) is 0 Å². The molecule has 4 aliphatic carbocycles. The summed E-state index contributed by atoms with van der Waals surface area (Å²) in [6.07, 6.45) is 12.9. The molecule has 2 unspecified atom stereocenters. The van der Waals surface area contributed by atoms with Crippen LogP contribution in [-0.4, -0.2) is 0 Å². The third kappa shape index (κ3) is 1.21. The minimum Gasteiger partial charge on any atom is -0.0623 e. The Morgan fingerprint density at radius 2 is 1.94 bits per heavy atom. The van der Waals surface area contributed by atoms with Crippen LogP contribution in [0.3, 0.4) is 0 Å². The molecule has 4 aliphatic rings. The summed E-state index contributed by atoms with van der Waals surface area (Å²) in [4.78, 5) is 0. The Labute approximate surface area is 109 Å². The molecule has 1 fully saturated rings. The van der Waals surface area contributed by atoms with E-state index in [-0.39, 0.29) is 5.41 Å². The van der Waals surface area contributed by atoms with Crippen molar-refractivity contribution in [2.24, 2.45) is 0 Å². The molecule has 18 heavy (non-hydrogen) atoms. The van der Waals surface area contributed by atoms with E-state index in [4.69, 9.17) is 0 Å². The molecule has 1 saturated carbocycles. The largest absolute Gasteiger partial charge is 0.0623 e. The molecule has 0 heterocycles. The molecule has 0 radical (unpaired) electrons. The van der Waals surface area contributed by atoms with Gasteiger partial charge in [-0.25, -0.2) is 0 Å². The number of rotatable bonds is 0. The van der Waals surface area contributed by atoms with Crippen LogP contribution in [0.5, 0.6) is 0 Å². The van der Waals surface area contributed by atoms with E-state index in [9.17, 15) is 0 Å². The zero-order chi connectivity index (χ0) is 12.2. The lowest BCUT2D eigenvalue weighted by molar-refractivity contribution is 0.453. The number of benzene rings is 1. The number of fused-ring (bicyclic) bond motifs is 1. The van der Waals surface area contributed by atoms with Gasteiger partial charge in [-0.2, -0.15) is 0 Å². The standard InChI is InChI=1S/C18H18/c1-18-11-10-15(16-8-4-5-9-17(16)18)13-6-2-3-7-14(18)12-13/h2-9,15H,10-12H2,1H3. The maximum absolute atomic E-state index is 2.44. The Hall–Kier alpha value is -1.56. The van der Waals surface area contributed by atoms with Gasteiger partial charge < -0.3 is 0 Å². The lowest BCUT2D eigenvalue weighted by Crippen LogP contribution is -2.28. The average Bonchev–Trinajstić information content (AvgIpc) is 2.76. The Balaban J connectivity index is 2.08. The molecule has 0 N–H and O–H groups in total. The highest BCUT2D eigenvalue weighted by Crippen LogP contribution is 2.55. The molecule has 0 aliphatic heterocycles. The van der Waals surface area contributed by atoms with Gasteiger partial charge in [-0.15, -0.1) is 0 Å². The van der Waals surface area contributed by atoms with Crippen LogP contribution in [0, 0.1) is 0 Å². The van der Waals surface area contributed by atoms with Gasteiger partial charge in [0.05, 0.1) is 0 Å². The van der Waals surface area contributed by atoms with Gasteiger partial charge in [0.25, 0.3) is 0 Å². The first-order valence-corrected chi connectivity index (χ1v) is 6.95. The second kappa shape index (κ2) is 3.47. The number of hydrogen-bond acceptors (Lipinski definition) is 0. The van der Waals surface area contributed by atoms with Crippen molar-refractivity contribution in [3.63, 3.8) is 0 Å². The predicted octanol–water partition coefficient (Wildman–Crippen LogP) is 4.65. The highest BCUT2D eigenvalue weighted by Gasteiger charge is 2.43. The molecule has 1 aromatic rings. The molecule has 0 aromatic heterocycles. The lowest BCUT2D eigenvalue weighted by atomic mass is 9.66. The van der Waals surface area contributed by atoms with Crippen LogP contribution in [0.2, 0.25) is 0 Å². The first-order valence-electron chi connectivity index (χ1n) is 6.95. The SMILES string of the molecule is CC12CCC(C3=CC=CC=C1C3)c1ccccc12. The molecule has 4 bridgehead atoms. The van der Waals surface area contributed by atoms with E-state index in [1.165, 1.54) is 19.3 Å². The normalized spacial score (nSPS) is 32.2. The molecule has 0 nitrogen and oxygen atoms in total. The number of allylic oxidation sites excluding steroid dienone is 6. The summed E-state index contributed by atoms with van der Waals surface area (Å²) in [5.74, 6) is 0.655. The van der Waals surface area contributed by atoms with Crippen LogP contribution in [0.15, 0.2) is 59.7 Å². The fourth-order valence-corrected chi connectivity index (χ4v) is 4.05. The molecule has 2 atom stereocenters. The second-order valence-corrected chi connectivity index (χ2v) is 6.01. The fourth-order valence-electron chi connectivity index (χ4n) is 4.05. The second-order valence-electron chi connectivity index (χ2n) is 6.01. The Morgan fingerprint density at radius 1 is 1.11 bits per heavy atom. The lowest BCUT2D eigenvalue weighted by Gasteiger charge is -2.37. The van der Waals surface area contributed by atoms with Gasteiger partial charge in [-0.3, -0.25) is 0 Å². The predicted molar refractivity (Wildman–Crippen MR) is 75.7 cm³/mol. The van der Waals surface area contributed by atoms with Gasteiger partial charge in [0, 0.05) is 11.3 Å². The third-order valence-electron chi connectivity index (χ3n) is 5.13. The molecule has 1 aromatic carbocycles. The fraction of sp³-hybridized carbons (Fsp3) is 0.333. The van der Waals surface area contributed by atoms with Gasteiger partial charge in [0.2, 0.25) is 0 Å². The van der Waals surface area contributed by atoms with Crippen LogP contribution in [0.1, 0.15) is 43.2 Å². The average molecular weight is 234 g/mol. The first-order chi connectivity index (χ1) is 8.79. The summed E-state index contributed by atoms with van der Waals surface area (Å²) in [5, 5.41) is 0. The molecule has 0 amide bonds. The summed E-state index contributed by atoms with van der Waals surface area (Å²) in [7, 11) is 0. The van der Waals surface area contributed by atoms with Crippen molar-refractivity contribution in [2.45, 2.75) is 37.5 Å². The molecule has 0 saturated heterocycles. The van der Waals surface area contributed by atoms with Crippen molar-refractivity contribution in [3.8, 4) is 0 Å². The smallest absolute Gasteiger partial charge is 0.0143 e. The van der Waals surface area contributed by atoms with Crippen LogP contribution >= 0.6 is 0 Å². The molecular formula is C18H18. The Morgan fingerprint density at radius 3 is 2.89 bits per heavy atom. The van der Waals surface area contributed by atoms with E-state index in [1.54, 1.807) is 22.3 Å². The number of hydrogen-bond donors (Lipinski definition) is 0. The molecule has 0 spiro atoms. The third-order valence-corrected chi connectivity index (χ3v) is 5.13. The zero-order valence-electron chi connectivity index (χ0n) is 10.8. The minimum atomic E-state index is 0.261. The summed E-state index contributed by atoms with van der Waals surface area (Å²) >= 11 is 0. The molecule has 5 rings (SSSR count). The molecular weight excluding hydrogens is 216 g/mol. The Bertz CT molecular complexity index is 600. The van der Waals surface area contributed by atoms with Crippen molar-refractivity contribution in [3.05, 3.63) is 70.8 Å². The van der Waals surface area contributed by atoms with Crippen LogP contribution < -0.4 is 0 Å². The monoisotopic (exact) mass is 234 g/mol. The first kappa shape index (κ1) is 10.4. The zero-order valence-corrected chi connectivity index (χ0v) is 10.8. The van der Waals surface area contributed by atoms with E-state index in [0.717, 1.165) is 0 Å². The maximum Gasteiger partial charge on any atom is 0.0143 e. The quantitative estimate of drug-likeness (QED) is 0.613. The summed E-state index contributed by atoms with van der Waals surface area (Å²) in [5.41, 5.74) is 6.64. The summed E-state index contributed by atoms with van der Waals surface area (Å²) in [6, 6.07) is 9.10. The van der Waals surface area contributed by atoms with Crippen molar-refractivity contribution < 1.29 is 0 Å². The summed E-state index contributed by atoms with van der Waals surface area (Å²) < 4.78 is 0. The van der Waals surface area contributed by atoms with Crippen LogP contribution in [-0.2, 0) is 5.41 Å². The van der Waals surface area contributed by atoms with Crippen molar-refractivity contribution in [2.75, 3.05) is 0 Å². The van der Waals surface area contributed by atoms with Crippen molar-refractivity contribution >= 4 is 0 Å². The topological polar surface area (TPSA) is 0 Å². The van der Waals surface area contributed by atoms with Gasteiger partial charge >= 0.3 is 0 Å². The Kier molecular flexibility index (Phi) is 2.00. The van der Waals surface area contributed by atoms with E-state index in [2.05, 4.69) is 55.5 Å². The van der Waals surface area contributed by atoms with Gasteiger partial charge in [0.15, 0.2) is 0 Å². The van der Waals surface area contributed by atoms with Crippen LogP contribution in [0.25, 0.3) is 0 Å². The van der Waals surface area contributed by atoms with E-state index >= 15 is 0 Å².